The summed E-state index contributed by atoms with van der Waals surface area (Å²) >= 11 is 5.83. The highest BCUT2D eigenvalue weighted by atomic mass is 127. The largest absolute Gasteiger partial charge is 0.246 e. The first kappa shape index (κ1) is 12.4. The minimum atomic E-state index is 0.813. The number of alkyl halides is 1. The molecule has 1 unspecified atom stereocenters. The molecule has 14 heavy (non-hydrogen) atoms. The molecule has 0 radical (unpaired) electrons. The molecule has 0 aliphatic rings. The second-order valence-corrected chi connectivity index (χ2v) is 5.46. The van der Waals surface area contributed by atoms with Gasteiger partial charge in [0.2, 0.25) is 0 Å². The van der Waals surface area contributed by atoms with Crippen molar-refractivity contribution < 1.29 is 0 Å². The molecule has 0 fully saturated rings. The summed E-state index contributed by atoms with van der Waals surface area (Å²) in [6, 6.07) is 6.12. The van der Waals surface area contributed by atoms with Crippen LogP contribution in [0.2, 0.25) is 0 Å². The lowest BCUT2D eigenvalue weighted by Crippen LogP contribution is -1.99. The van der Waals surface area contributed by atoms with E-state index in [0.717, 1.165) is 16.9 Å². The van der Waals surface area contributed by atoms with Crippen LogP contribution in [0.15, 0.2) is 22.8 Å². The van der Waals surface area contributed by atoms with E-state index in [1.54, 1.807) is 0 Å². The molecule has 0 saturated heterocycles. The second-order valence-electron chi connectivity index (χ2n) is 3.57. The van der Waals surface area contributed by atoms with Crippen molar-refractivity contribution in [3.05, 3.63) is 28.5 Å². The van der Waals surface area contributed by atoms with Gasteiger partial charge in [0, 0.05) is 5.69 Å². The van der Waals surface area contributed by atoms with Crippen molar-refractivity contribution in [1.29, 1.82) is 0 Å². The van der Waals surface area contributed by atoms with Crippen molar-refractivity contribution in [3.63, 3.8) is 0 Å². The molecule has 3 heteroatoms. The van der Waals surface area contributed by atoms with E-state index in [4.69, 9.17) is 0 Å². The van der Waals surface area contributed by atoms with Crippen LogP contribution in [0.5, 0.6) is 0 Å². The highest BCUT2D eigenvalue weighted by molar-refractivity contribution is 14.1. The molecular weight excluding hydrogens is 353 g/mol. The van der Waals surface area contributed by atoms with Crippen LogP contribution in [-0.2, 0) is 6.42 Å². The first-order chi connectivity index (χ1) is 6.72. The molecule has 0 bridgehead atoms. The maximum Gasteiger partial charge on any atom is 0.106 e. The van der Waals surface area contributed by atoms with Crippen LogP contribution in [0.3, 0.4) is 0 Å². The number of pyridine rings is 1. The Morgan fingerprint density at radius 1 is 1.43 bits per heavy atom. The molecule has 0 N–H and O–H groups in total. The summed E-state index contributed by atoms with van der Waals surface area (Å²) in [5, 5.41) is 0. The number of hydrogen-bond acceptors (Lipinski definition) is 1. The molecule has 78 valence electrons. The molecule has 0 amide bonds. The monoisotopic (exact) mass is 367 g/mol. The number of aromatic nitrogens is 1. The van der Waals surface area contributed by atoms with Crippen LogP contribution in [0, 0.1) is 5.92 Å². The maximum absolute atomic E-state index is 4.42. The highest BCUT2D eigenvalue weighted by Crippen LogP contribution is 2.14. The summed E-state index contributed by atoms with van der Waals surface area (Å²) in [6.45, 7) is 2.32. The van der Waals surface area contributed by atoms with Crippen LogP contribution in [-0.4, -0.2) is 9.41 Å². The Hall–Kier alpha value is 0.360. The molecule has 1 heterocycles. The van der Waals surface area contributed by atoms with Crippen molar-refractivity contribution in [1.82, 2.24) is 4.98 Å². The van der Waals surface area contributed by atoms with Crippen molar-refractivity contribution in [2.45, 2.75) is 26.2 Å². The van der Waals surface area contributed by atoms with E-state index in [1.807, 2.05) is 6.07 Å². The zero-order chi connectivity index (χ0) is 10.4. The third-order valence-electron chi connectivity index (χ3n) is 2.27. The molecule has 1 aromatic rings. The molecule has 1 nitrogen and oxygen atoms in total. The Labute approximate surface area is 108 Å². The summed E-state index contributed by atoms with van der Waals surface area (Å²) in [5.41, 5.74) is 1.19. The van der Waals surface area contributed by atoms with E-state index < -0.39 is 0 Å². The number of halogens is 2. The van der Waals surface area contributed by atoms with Gasteiger partial charge in [-0.3, -0.25) is 0 Å². The van der Waals surface area contributed by atoms with Gasteiger partial charge in [-0.2, -0.15) is 0 Å². The Balaban J connectivity index is 2.37. The lowest BCUT2D eigenvalue weighted by atomic mass is 10.0. The topological polar surface area (TPSA) is 12.9 Å². The van der Waals surface area contributed by atoms with Crippen molar-refractivity contribution in [2.24, 2.45) is 5.92 Å². The minimum Gasteiger partial charge on any atom is -0.246 e. The van der Waals surface area contributed by atoms with Gasteiger partial charge in [-0.25, -0.2) is 4.98 Å². The molecule has 0 spiro atoms. The summed E-state index contributed by atoms with van der Waals surface area (Å²) in [7, 11) is 0. The molecule has 0 saturated carbocycles. The predicted molar refractivity (Wildman–Crippen MR) is 72.9 cm³/mol. The van der Waals surface area contributed by atoms with Gasteiger partial charge in [0.1, 0.15) is 4.60 Å². The van der Waals surface area contributed by atoms with Crippen LogP contribution in [0.25, 0.3) is 0 Å². The number of nitrogens with zero attached hydrogens (tertiary/aromatic N) is 1. The van der Waals surface area contributed by atoms with E-state index in [0.29, 0.717) is 0 Å². The van der Waals surface area contributed by atoms with Gasteiger partial charge in [-0.15, -0.1) is 0 Å². The quantitative estimate of drug-likeness (QED) is 0.431. The second kappa shape index (κ2) is 6.77. The van der Waals surface area contributed by atoms with Gasteiger partial charge in [0.05, 0.1) is 0 Å². The zero-order valence-electron chi connectivity index (χ0n) is 8.34. The Kier molecular flexibility index (Phi) is 6.01. The molecule has 1 atom stereocenters. The van der Waals surface area contributed by atoms with Crippen LogP contribution >= 0.6 is 38.5 Å². The maximum atomic E-state index is 4.42. The Morgan fingerprint density at radius 3 is 2.86 bits per heavy atom. The third kappa shape index (κ3) is 4.73. The van der Waals surface area contributed by atoms with E-state index >= 15 is 0 Å². The minimum absolute atomic E-state index is 0.813. The third-order valence-corrected chi connectivity index (χ3v) is 3.33. The van der Waals surface area contributed by atoms with E-state index in [9.17, 15) is 0 Å². The van der Waals surface area contributed by atoms with Gasteiger partial charge in [0.25, 0.3) is 0 Å². The SMILES string of the molecule is CC(CCI)CCc1cccc(Br)n1. The Bertz CT molecular complexity index is 278. The molecule has 0 aromatic carbocycles. The van der Waals surface area contributed by atoms with Gasteiger partial charge in [-0.1, -0.05) is 35.6 Å². The molecule has 1 rings (SSSR count). The van der Waals surface area contributed by atoms with Crippen LogP contribution in [0.4, 0.5) is 0 Å². The van der Waals surface area contributed by atoms with Crippen molar-refractivity contribution in [2.75, 3.05) is 4.43 Å². The number of rotatable bonds is 5. The smallest absolute Gasteiger partial charge is 0.106 e. The molecule has 1 aromatic heterocycles. The lowest BCUT2D eigenvalue weighted by Gasteiger charge is -2.08. The molecule has 0 aliphatic heterocycles. The fourth-order valence-electron chi connectivity index (χ4n) is 1.31. The number of aryl methyl sites for hydroxylation is 1. The number of hydrogen-bond donors (Lipinski definition) is 0. The fourth-order valence-corrected chi connectivity index (χ4v) is 2.76. The van der Waals surface area contributed by atoms with Gasteiger partial charge < -0.3 is 0 Å². The van der Waals surface area contributed by atoms with Crippen molar-refractivity contribution in [3.8, 4) is 0 Å². The Morgan fingerprint density at radius 2 is 2.21 bits per heavy atom. The first-order valence-corrected chi connectivity index (χ1v) is 7.21. The average molecular weight is 368 g/mol. The van der Waals surface area contributed by atoms with Crippen LogP contribution < -0.4 is 0 Å². The lowest BCUT2D eigenvalue weighted by molar-refractivity contribution is 0.520. The first-order valence-electron chi connectivity index (χ1n) is 4.89. The van der Waals surface area contributed by atoms with Gasteiger partial charge in [-0.05, 0) is 57.7 Å². The summed E-state index contributed by atoms with van der Waals surface area (Å²) < 4.78 is 2.20. The van der Waals surface area contributed by atoms with Crippen LogP contribution in [0.1, 0.15) is 25.5 Å². The fraction of sp³-hybridized carbons (Fsp3) is 0.545. The normalized spacial score (nSPS) is 12.8. The van der Waals surface area contributed by atoms with Gasteiger partial charge in [0.15, 0.2) is 0 Å². The van der Waals surface area contributed by atoms with Gasteiger partial charge >= 0.3 is 0 Å². The molecule has 0 aliphatic carbocycles. The van der Waals surface area contributed by atoms with Crippen molar-refractivity contribution >= 4 is 38.5 Å². The molecular formula is C11H15BrIN. The van der Waals surface area contributed by atoms with E-state index in [1.165, 1.54) is 23.0 Å². The van der Waals surface area contributed by atoms with E-state index in [2.05, 4.69) is 62.6 Å². The van der Waals surface area contributed by atoms with E-state index in [-0.39, 0.29) is 0 Å². The average Bonchev–Trinajstić information content (AvgIpc) is 2.15. The zero-order valence-corrected chi connectivity index (χ0v) is 12.1. The standard InChI is InChI=1S/C11H15BrIN/c1-9(7-8-13)5-6-10-3-2-4-11(12)14-10/h2-4,9H,5-8H2,1H3. The summed E-state index contributed by atoms with van der Waals surface area (Å²) in [4.78, 5) is 4.42. The highest BCUT2D eigenvalue weighted by Gasteiger charge is 2.02. The summed E-state index contributed by atoms with van der Waals surface area (Å²) in [6.07, 6.45) is 3.65. The summed E-state index contributed by atoms with van der Waals surface area (Å²) in [5.74, 6) is 0.813. The predicted octanol–water partition coefficient (Wildman–Crippen LogP) is 4.24.